The Morgan fingerprint density at radius 3 is 2.08 bits per heavy atom. The summed E-state index contributed by atoms with van der Waals surface area (Å²) in [5.41, 5.74) is -1.29. The first-order chi connectivity index (χ1) is 5.78. The van der Waals surface area contributed by atoms with Gasteiger partial charge in [-0.15, -0.1) is 4.91 Å². The summed E-state index contributed by atoms with van der Waals surface area (Å²) in [6.07, 6.45) is 0. The van der Waals surface area contributed by atoms with Gasteiger partial charge in [0.15, 0.2) is 0 Å². The van der Waals surface area contributed by atoms with Crippen LogP contribution in [0.1, 0.15) is 27.7 Å². The monoisotopic (exact) mass is 187 g/mol. The minimum Gasteiger partial charge on any atom is -0.510 e. The molecule has 0 radical (unpaired) electrons. The van der Waals surface area contributed by atoms with Crippen molar-refractivity contribution in [3.05, 3.63) is 16.4 Å². The summed E-state index contributed by atoms with van der Waals surface area (Å²) in [6, 6.07) is 0. The number of carbonyl (C=O) groups is 1. The van der Waals surface area contributed by atoms with Gasteiger partial charge in [0.05, 0.1) is 0 Å². The van der Waals surface area contributed by atoms with Crippen molar-refractivity contribution < 1.29 is 14.6 Å². The summed E-state index contributed by atoms with van der Waals surface area (Å²) >= 11 is 0. The zero-order chi connectivity index (χ0) is 10.6. The molecule has 5 nitrogen and oxygen atoms in total. The zero-order valence-corrected chi connectivity index (χ0v) is 8.12. The largest absolute Gasteiger partial charge is 0.510 e. The molecule has 0 rings (SSSR count). The van der Waals surface area contributed by atoms with Crippen LogP contribution in [0, 0.1) is 4.91 Å². The number of hydrogen-bond donors (Lipinski definition) is 1. The van der Waals surface area contributed by atoms with E-state index in [2.05, 4.69) is 5.18 Å². The van der Waals surface area contributed by atoms with Crippen LogP contribution in [0.5, 0.6) is 0 Å². The molecule has 0 atom stereocenters. The lowest BCUT2D eigenvalue weighted by Crippen LogP contribution is -2.24. The normalized spacial score (nSPS) is 13.2. The fourth-order valence-corrected chi connectivity index (χ4v) is 0.577. The second-order valence-corrected chi connectivity index (χ2v) is 3.53. The maximum Gasteiger partial charge on any atom is 0.364 e. The van der Waals surface area contributed by atoms with Gasteiger partial charge in [-0.05, 0) is 32.9 Å². The van der Waals surface area contributed by atoms with Gasteiger partial charge in [0.2, 0.25) is 5.70 Å². The van der Waals surface area contributed by atoms with Crippen molar-refractivity contribution in [2.24, 2.45) is 5.18 Å². The number of aliphatic hydroxyl groups excluding tert-OH is 1. The van der Waals surface area contributed by atoms with Crippen molar-refractivity contribution in [2.75, 3.05) is 0 Å². The molecule has 5 heteroatoms. The van der Waals surface area contributed by atoms with Gasteiger partial charge in [-0.1, -0.05) is 0 Å². The van der Waals surface area contributed by atoms with Crippen LogP contribution >= 0.6 is 0 Å². The molecule has 0 aromatic rings. The van der Waals surface area contributed by atoms with Crippen molar-refractivity contribution in [1.29, 1.82) is 0 Å². The van der Waals surface area contributed by atoms with Gasteiger partial charge < -0.3 is 9.84 Å². The summed E-state index contributed by atoms with van der Waals surface area (Å²) in [4.78, 5) is 21.2. The smallest absolute Gasteiger partial charge is 0.364 e. The Morgan fingerprint density at radius 2 is 1.85 bits per heavy atom. The van der Waals surface area contributed by atoms with Crippen molar-refractivity contribution in [3.8, 4) is 0 Å². The highest BCUT2D eigenvalue weighted by Gasteiger charge is 2.22. The molecule has 0 aliphatic heterocycles. The molecule has 1 N–H and O–H groups in total. The zero-order valence-electron chi connectivity index (χ0n) is 8.12. The number of carbonyl (C=O) groups excluding carboxylic acids is 1. The standard InChI is InChI=1S/C8H13NO4/c1-5(10)6(9-12)7(11)13-8(2,3)4/h10H,1-4H3. The third kappa shape index (κ3) is 4.25. The summed E-state index contributed by atoms with van der Waals surface area (Å²) in [5, 5.41) is 11.2. The predicted octanol–water partition coefficient (Wildman–Crippen LogP) is 1.88. The molecule has 0 aliphatic rings. The molecule has 0 amide bonds. The second kappa shape index (κ2) is 4.02. The average molecular weight is 187 g/mol. The third-order valence-electron chi connectivity index (χ3n) is 1.03. The van der Waals surface area contributed by atoms with Gasteiger partial charge in [0, 0.05) is 0 Å². The first-order valence-electron chi connectivity index (χ1n) is 3.74. The molecule has 0 aromatic carbocycles. The van der Waals surface area contributed by atoms with Crippen LogP contribution in [-0.4, -0.2) is 16.7 Å². The Morgan fingerprint density at radius 1 is 1.38 bits per heavy atom. The predicted molar refractivity (Wildman–Crippen MR) is 47.0 cm³/mol. The highest BCUT2D eigenvalue weighted by molar-refractivity contribution is 5.88. The lowest BCUT2D eigenvalue weighted by atomic mass is 10.2. The van der Waals surface area contributed by atoms with Gasteiger partial charge in [0.1, 0.15) is 11.4 Å². The maximum absolute atomic E-state index is 11.1. The first-order valence-corrected chi connectivity index (χ1v) is 3.74. The molecule has 0 saturated heterocycles. The van der Waals surface area contributed by atoms with E-state index in [0.29, 0.717) is 0 Å². The van der Waals surface area contributed by atoms with Crippen LogP contribution in [-0.2, 0) is 9.53 Å². The van der Waals surface area contributed by atoms with E-state index in [-0.39, 0.29) is 0 Å². The Bertz CT molecular complexity index is 245. The molecule has 0 bridgehead atoms. The quantitative estimate of drug-likeness (QED) is 0.310. The first kappa shape index (κ1) is 11.6. The molecule has 0 unspecified atom stereocenters. The molecule has 74 valence electrons. The topological polar surface area (TPSA) is 76.0 Å². The van der Waals surface area contributed by atoms with Gasteiger partial charge >= 0.3 is 5.97 Å². The van der Waals surface area contributed by atoms with Gasteiger partial charge in [-0.3, -0.25) is 0 Å². The highest BCUT2D eigenvalue weighted by atomic mass is 16.6. The lowest BCUT2D eigenvalue weighted by Gasteiger charge is -2.18. The van der Waals surface area contributed by atoms with E-state index in [4.69, 9.17) is 9.84 Å². The van der Waals surface area contributed by atoms with Crippen LogP contribution in [0.25, 0.3) is 0 Å². The molecule has 0 fully saturated rings. The number of hydrogen-bond acceptors (Lipinski definition) is 5. The SMILES string of the molecule is CC(O)=C(N=O)C(=O)OC(C)(C)C. The van der Waals surface area contributed by atoms with E-state index in [1.54, 1.807) is 20.8 Å². The van der Waals surface area contributed by atoms with Gasteiger partial charge in [-0.25, -0.2) is 4.79 Å². The fourth-order valence-electron chi connectivity index (χ4n) is 0.577. The molecular weight excluding hydrogens is 174 g/mol. The summed E-state index contributed by atoms with van der Waals surface area (Å²) in [6.45, 7) is 6.15. The number of nitrogens with zero attached hydrogens (tertiary/aromatic N) is 1. The van der Waals surface area contributed by atoms with Crippen molar-refractivity contribution in [2.45, 2.75) is 33.3 Å². The molecule has 0 saturated carbocycles. The minimum absolute atomic E-state index is 0.441. The number of esters is 1. The van der Waals surface area contributed by atoms with Crippen LogP contribution in [0.2, 0.25) is 0 Å². The highest BCUT2D eigenvalue weighted by Crippen LogP contribution is 2.13. The van der Waals surface area contributed by atoms with Crippen LogP contribution in [0.3, 0.4) is 0 Å². The number of ether oxygens (including phenoxy) is 1. The molecule has 0 aromatic heterocycles. The average Bonchev–Trinajstić information content (AvgIpc) is 1.82. The molecule has 13 heavy (non-hydrogen) atoms. The third-order valence-corrected chi connectivity index (χ3v) is 1.03. The molecule has 0 heterocycles. The van der Waals surface area contributed by atoms with Crippen molar-refractivity contribution >= 4 is 5.97 Å². The second-order valence-electron chi connectivity index (χ2n) is 3.53. The summed E-state index contributed by atoms with van der Waals surface area (Å²) in [5.74, 6) is -1.35. The molecular formula is C8H13NO4. The van der Waals surface area contributed by atoms with E-state index in [9.17, 15) is 9.70 Å². The van der Waals surface area contributed by atoms with Gasteiger partial charge in [-0.2, -0.15) is 0 Å². The number of nitroso groups, excluding NO2 is 1. The Kier molecular flexibility index (Phi) is 3.59. The number of aliphatic hydroxyl groups is 1. The number of allylic oxidation sites excluding steroid dienone is 1. The van der Waals surface area contributed by atoms with E-state index in [1.807, 2.05) is 0 Å². The Labute approximate surface area is 76.4 Å². The van der Waals surface area contributed by atoms with E-state index < -0.39 is 23.0 Å². The Balaban J connectivity index is 4.62. The number of rotatable bonds is 2. The lowest BCUT2D eigenvalue weighted by molar-refractivity contribution is -0.150. The molecule has 0 aliphatic carbocycles. The fraction of sp³-hybridized carbons (Fsp3) is 0.625. The molecule has 0 spiro atoms. The van der Waals surface area contributed by atoms with E-state index in [1.165, 1.54) is 6.92 Å². The van der Waals surface area contributed by atoms with Crippen LogP contribution < -0.4 is 0 Å². The van der Waals surface area contributed by atoms with Crippen molar-refractivity contribution in [3.63, 3.8) is 0 Å². The van der Waals surface area contributed by atoms with E-state index in [0.717, 1.165) is 0 Å². The van der Waals surface area contributed by atoms with Crippen LogP contribution in [0.4, 0.5) is 0 Å². The summed E-state index contributed by atoms with van der Waals surface area (Å²) in [7, 11) is 0. The van der Waals surface area contributed by atoms with Gasteiger partial charge in [0.25, 0.3) is 0 Å². The van der Waals surface area contributed by atoms with Crippen LogP contribution in [0.15, 0.2) is 16.6 Å². The van der Waals surface area contributed by atoms with Crippen molar-refractivity contribution in [1.82, 2.24) is 0 Å². The maximum atomic E-state index is 11.1. The Hall–Kier alpha value is -1.39. The minimum atomic E-state index is -0.914. The van der Waals surface area contributed by atoms with E-state index >= 15 is 0 Å². The summed E-state index contributed by atoms with van der Waals surface area (Å²) < 4.78 is 4.80.